The second kappa shape index (κ2) is 11.2. The van der Waals surface area contributed by atoms with Crippen molar-refractivity contribution < 1.29 is 31.9 Å². The van der Waals surface area contributed by atoms with E-state index in [9.17, 15) is 18.0 Å². The molecular weight excluding hydrogens is 524 g/mol. The van der Waals surface area contributed by atoms with Gasteiger partial charge < -0.3 is 24.1 Å². The van der Waals surface area contributed by atoms with Crippen molar-refractivity contribution in [3.8, 4) is 5.75 Å². The van der Waals surface area contributed by atoms with Gasteiger partial charge in [0.15, 0.2) is 5.69 Å². The fourth-order valence-corrected chi connectivity index (χ4v) is 6.88. The van der Waals surface area contributed by atoms with Crippen LogP contribution in [0.4, 0.5) is 4.79 Å². The Morgan fingerprint density at radius 1 is 1.18 bits per heavy atom. The van der Waals surface area contributed by atoms with E-state index < -0.39 is 21.7 Å². The lowest BCUT2D eigenvalue weighted by molar-refractivity contribution is 0.0520. The number of carbonyl (C=O) groups excluding carboxylic acids is 2. The summed E-state index contributed by atoms with van der Waals surface area (Å²) in [5.74, 6) is 0.578. The molecule has 1 aliphatic heterocycles. The number of likely N-dealkylation sites (tertiary alicyclic amines) is 1. The summed E-state index contributed by atoms with van der Waals surface area (Å²) in [7, 11) is -2.30. The molecule has 1 N–H and O–H groups in total. The summed E-state index contributed by atoms with van der Waals surface area (Å²) in [5.41, 5.74) is 0.763. The number of alkyl carbamates (subject to hydrolysis) is 1. The van der Waals surface area contributed by atoms with Gasteiger partial charge in [-0.25, -0.2) is 18.2 Å². The molecule has 1 aromatic carbocycles. The molecule has 2 aliphatic rings. The van der Waals surface area contributed by atoms with Gasteiger partial charge in [-0.3, -0.25) is 4.79 Å². The SMILES string of the molecule is COc1cc(C)c(S(=O)(=O)N(Cc2nc(C(=O)N3CCC(CNC(=O)OC(C)(C)C)C3)co2)C2CC2)c(C)c1. The van der Waals surface area contributed by atoms with E-state index in [1.807, 2.05) is 0 Å². The van der Waals surface area contributed by atoms with Crippen molar-refractivity contribution in [1.82, 2.24) is 19.5 Å². The third-order valence-corrected chi connectivity index (χ3v) is 8.96. The lowest BCUT2D eigenvalue weighted by Gasteiger charge is -2.23. The van der Waals surface area contributed by atoms with Crippen molar-refractivity contribution in [2.75, 3.05) is 26.7 Å². The summed E-state index contributed by atoms with van der Waals surface area (Å²) < 4.78 is 45.0. The smallest absolute Gasteiger partial charge is 0.407 e. The van der Waals surface area contributed by atoms with Crippen LogP contribution in [0.1, 0.15) is 67.5 Å². The van der Waals surface area contributed by atoms with Crippen LogP contribution < -0.4 is 10.1 Å². The van der Waals surface area contributed by atoms with Crippen molar-refractivity contribution in [2.24, 2.45) is 5.92 Å². The minimum Gasteiger partial charge on any atom is -0.497 e. The average molecular weight is 563 g/mol. The van der Waals surface area contributed by atoms with Gasteiger partial charge in [0.1, 0.15) is 17.6 Å². The molecule has 2 aromatic rings. The minimum absolute atomic E-state index is 0.0619. The number of hydrogen-bond acceptors (Lipinski definition) is 8. The number of methoxy groups -OCH3 is 1. The monoisotopic (exact) mass is 562 g/mol. The topological polar surface area (TPSA) is 131 Å². The molecule has 1 saturated heterocycles. The van der Waals surface area contributed by atoms with E-state index in [4.69, 9.17) is 13.9 Å². The predicted molar refractivity (Wildman–Crippen MR) is 143 cm³/mol. The van der Waals surface area contributed by atoms with Crippen LogP contribution in [0.15, 0.2) is 27.7 Å². The van der Waals surface area contributed by atoms with Crippen molar-refractivity contribution >= 4 is 22.0 Å². The van der Waals surface area contributed by atoms with Crippen LogP contribution in [0.5, 0.6) is 5.75 Å². The fourth-order valence-electron chi connectivity index (χ4n) is 4.83. The van der Waals surface area contributed by atoms with E-state index in [1.165, 1.54) is 10.6 Å². The summed E-state index contributed by atoms with van der Waals surface area (Å²) in [6.45, 7) is 10.2. The number of hydrogen-bond donors (Lipinski definition) is 1. The largest absolute Gasteiger partial charge is 0.497 e. The molecule has 12 heteroatoms. The van der Waals surface area contributed by atoms with Crippen LogP contribution in [-0.4, -0.2) is 73.0 Å². The van der Waals surface area contributed by atoms with E-state index in [-0.39, 0.29) is 40.9 Å². The van der Waals surface area contributed by atoms with Gasteiger partial charge in [0.2, 0.25) is 15.9 Å². The number of aromatic nitrogens is 1. The molecule has 1 saturated carbocycles. The normalized spacial score (nSPS) is 17.9. The van der Waals surface area contributed by atoms with Gasteiger partial charge in [-0.2, -0.15) is 4.31 Å². The molecule has 2 heterocycles. The summed E-state index contributed by atoms with van der Waals surface area (Å²) in [6, 6.07) is 3.28. The Labute approximate surface area is 229 Å². The quantitative estimate of drug-likeness (QED) is 0.490. The predicted octanol–water partition coefficient (Wildman–Crippen LogP) is 3.64. The third kappa shape index (κ3) is 6.91. The summed E-state index contributed by atoms with van der Waals surface area (Å²) in [4.78, 5) is 31.3. The molecule has 39 heavy (non-hydrogen) atoms. The van der Waals surface area contributed by atoms with E-state index >= 15 is 0 Å². The first kappa shape index (κ1) is 28.9. The lowest BCUT2D eigenvalue weighted by atomic mass is 10.1. The molecule has 4 rings (SSSR count). The van der Waals surface area contributed by atoms with Gasteiger partial charge in [-0.15, -0.1) is 0 Å². The molecule has 1 aromatic heterocycles. The number of amides is 2. The number of nitrogens with zero attached hydrogens (tertiary/aromatic N) is 3. The van der Waals surface area contributed by atoms with Gasteiger partial charge in [0, 0.05) is 25.7 Å². The third-order valence-electron chi connectivity index (χ3n) is 6.76. The van der Waals surface area contributed by atoms with E-state index in [0.29, 0.717) is 36.5 Å². The Hall–Kier alpha value is -3.12. The molecule has 0 bridgehead atoms. The highest BCUT2D eigenvalue weighted by atomic mass is 32.2. The number of rotatable bonds is 9. The van der Waals surface area contributed by atoms with Crippen LogP contribution in [0.2, 0.25) is 0 Å². The highest BCUT2D eigenvalue weighted by molar-refractivity contribution is 7.89. The summed E-state index contributed by atoms with van der Waals surface area (Å²) in [5, 5.41) is 2.76. The van der Waals surface area contributed by atoms with Gasteiger partial charge in [-0.05, 0) is 83.1 Å². The van der Waals surface area contributed by atoms with Crippen LogP contribution in [-0.2, 0) is 21.3 Å². The number of carbonyl (C=O) groups is 2. The van der Waals surface area contributed by atoms with Gasteiger partial charge in [0.25, 0.3) is 5.91 Å². The highest BCUT2D eigenvalue weighted by Gasteiger charge is 2.40. The van der Waals surface area contributed by atoms with Crippen LogP contribution in [0, 0.1) is 19.8 Å². The first-order valence-corrected chi connectivity index (χ1v) is 14.6. The lowest BCUT2D eigenvalue weighted by Crippen LogP contribution is -2.36. The Bertz CT molecular complexity index is 1300. The summed E-state index contributed by atoms with van der Waals surface area (Å²) >= 11 is 0. The van der Waals surface area contributed by atoms with Crippen LogP contribution in [0.3, 0.4) is 0 Å². The van der Waals surface area contributed by atoms with Crippen LogP contribution in [0.25, 0.3) is 0 Å². The Kier molecular flexibility index (Phi) is 8.27. The van der Waals surface area contributed by atoms with Crippen molar-refractivity contribution in [3.63, 3.8) is 0 Å². The van der Waals surface area contributed by atoms with Crippen molar-refractivity contribution in [3.05, 3.63) is 41.1 Å². The molecule has 0 radical (unpaired) electrons. The van der Waals surface area contributed by atoms with E-state index in [0.717, 1.165) is 19.3 Å². The standard InChI is InChI=1S/C27H38N4O7S/c1-17-11-21(36-6)12-18(2)24(17)39(34,35)31(20-7-8-20)15-23-29-22(16-37-23)25(32)30-10-9-19(14-30)13-28-26(33)38-27(3,4)5/h11-12,16,19-20H,7-10,13-15H2,1-6H3,(H,28,33). The van der Waals surface area contributed by atoms with E-state index in [2.05, 4.69) is 10.3 Å². The second-order valence-corrected chi connectivity index (χ2v) is 13.1. The highest BCUT2D eigenvalue weighted by Crippen LogP contribution is 2.36. The van der Waals surface area contributed by atoms with Crippen molar-refractivity contribution in [2.45, 2.75) is 77.0 Å². The van der Waals surface area contributed by atoms with Crippen LogP contribution >= 0.6 is 0 Å². The molecule has 2 fully saturated rings. The maximum atomic E-state index is 13.7. The second-order valence-electron chi connectivity index (χ2n) is 11.3. The Balaban J connectivity index is 1.40. The zero-order valence-electron chi connectivity index (χ0n) is 23.4. The molecular formula is C27H38N4O7S. The molecule has 0 spiro atoms. The van der Waals surface area contributed by atoms with Crippen molar-refractivity contribution in [1.29, 1.82) is 0 Å². The minimum atomic E-state index is -3.84. The molecule has 2 amide bonds. The maximum Gasteiger partial charge on any atom is 0.407 e. The number of aryl methyl sites for hydroxylation is 2. The van der Waals surface area contributed by atoms with E-state index in [1.54, 1.807) is 58.8 Å². The molecule has 1 atom stereocenters. The Morgan fingerprint density at radius 2 is 1.85 bits per heavy atom. The number of nitrogens with one attached hydrogen (secondary N) is 1. The van der Waals surface area contributed by atoms with Gasteiger partial charge in [0.05, 0.1) is 18.6 Å². The zero-order chi connectivity index (χ0) is 28.5. The number of sulfonamides is 1. The molecule has 1 aliphatic carbocycles. The molecule has 11 nitrogen and oxygen atoms in total. The summed E-state index contributed by atoms with van der Waals surface area (Å²) in [6.07, 6.45) is 3.05. The Morgan fingerprint density at radius 3 is 2.44 bits per heavy atom. The first-order valence-electron chi connectivity index (χ1n) is 13.2. The number of benzene rings is 1. The number of oxazole rings is 1. The first-order chi connectivity index (χ1) is 18.3. The maximum absolute atomic E-state index is 13.7. The fraction of sp³-hybridized carbons (Fsp3) is 0.593. The zero-order valence-corrected chi connectivity index (χ0v) is 24.3. The number of ether oxygens (including phenoxy) is 2. The molecule has 214 valence electrons. The molecule has 1 unspecified atom stereocenters. The van der Waals surface area contributed by atoms with Gasteiger partial charge >= 0.3 is 6.09 Å². The average Bonchev–Trinajstić information content (AvgIpc) is 3.36. The van der Waals surface area contributed by atoms with Gasteiger partial charge in [-0.1, -0.05) is 0 Å².